The van der Waals surface area contributed by atoms with Crippen molar-refractivity contribution >= 4 is 23.5 Å². The van der Waals surface area contributed by atoms with Crippen molar-refractivity contribution in [2.75, 3.05) is 6.61 Å². The third kappa shape index (κ3) is 7.59. The predicted octanol–water partition coefficient (Wildman–Crippen LogP) is 6.01. The van der Waals surface area contributed by atoms with Crippen LogP contribution in [0.25, 0.3) is 0 Å². The number of esters is 2. The van der Waals surface area contributed by atoms with E-state index >= 15 is 0 Å². The zero-order valence-electron chi connectivity index (χ0n) is 19.5. The Balaban J connectivity index is 1.62. The minimum atomic E-state index is -1.13. The first-order valence-corrected chi connectivity index (χ1v) is 11.5. The van der Waals surface area contributed by atoms with E-state index in [0.29, 0.717) is 16.3 Å². The molecule has 7 heteroatoms. The maximum Gasteiger partial charge on any atom is 0.344 e. The summed E-state index contributed by atoms with van der Waals surface area (Å²) in [7, 11) is 0. The Labute approximate surface area is 210 Å². The second-order valence-electron chi connectivity index (χ2n) is 8.23. The molecule has 0 heterocycles. The molecule has 3 aromatic carbocycles. The summed E-state index contributed by atoms with van der Waals surface area (Å²) in [5.74, 6) is -1.29. The molecule has 180 valence electrons. The van der Waals surface area contributed by atoms with Crippen molar-refractivity contribution in [3.05, 3.63) is 101 Å². The first-order valence-electron chi connectivity index (χ1n) is 11.1. The molecule has 0 aliphatic carbocycles. The largest absolute Gasteiger partial charge is 0.482 e. The van der Waals surface area contributed by atoms with Crippen molar-refractivity contribution < 1.29 is 23.8 Å². The average molecular weight is 492 g/mol. The fraction of sp³-hybridized carbons (Fsp3) is 0.250. The summed E-state index contributed by atoms with van der Waals surface area (Å²) in [5.41, 5.74) is 2.08. The van der Waals surface area contributed by atoms with Crippen molar-refractivity contribution in [2.24, 2.45) is 5.92 Å². The average Bonchev–Trinajstić information content (AvgIpc) is 2.86. The number of benzene rings is 3. The van der Waals surface area contributed by atoms with E-state index in [4.69, 9.17) is 25.8 Å². The molecule has 0 fully saturated rings. The van der Waals surface area contributed by atoms with Gasteiger partial charge in [0.25, 0.3) is 0 Å². The van der Waals surface area contributed by atoms with Gasteiger partial charge in [-0.25, -0.2) is 4.79 Å². The molecule has 3 rings (SSSR count). The number of halogens is 1. The van der Waals surface area contributed by atoms with Gasteiger partial charge in [-0.1, -0.05) is 80.0 Å². The van der Waals surface area contributed by atoms with Gasteiger partial charge in [-0.2, -0.15) is 5.26 Å². The van der Waals surface area contributed by atoms with E-state index in [1.165, 1.54) is 0 Å². The minimum Gasteiger partial charge on any atom is -0.482 e. The Bertz CT molecular complexity index is 1170. The van der Waals surface area contributed by atoms with Crippen LogP contribution in [-0.4, -0.2) is 18.5 Å². The first kappa shape index (κ1) is 25.8. The highest BCUT2D eigenvalue weighted by atomic mass is 35.5. The summed E-state index contributed by atoms with van der Waals surface area (Å²) in [5, 5.41) is 10.3. The molecule has 0 radical (unpaired) electrons. The second kappa shape index (κ2) is 12.6. The highest BCUT2D eigenvalue weighted by molar-refractivity contribution is 6.30. The summed E-state index contributed by atoms with van der Waals surface area (Å²) in [4.78, 5) is 25.0. The van der Waals surface area contributed by atoms with Gasteiger partial charge in [0.15, 0.2) is 6.61 Å². The molecule has 1 unspecified atom stereocenters. The number of nitrogens with zero attached hydrogens (tertiary/aromatic N) is 1. The number of ether oxygens (including phenoxy) is 3. The van der Waals surface area contributed by atoms with Crippen LogP contribution in [0, 0.1) is 17.2 Å². The van der Waals surface area contributed by atoms with E-state index in [0.717, 1.165) is 11.1 Å². The van der Waals surface area contributed by atoms with E-state index in [1.807, 2.05) is 50.2 Å². The summed E-state index contributed by atoms with van der Waals surface area (Å²) < 4.78 is 16.3. The molecular formula is C28H26ClNO5. The van der Waals surface area contributed by atoms with Crippen molar-refractivity contribution in [1.29, 1.82) is 5.26 Å². The fourth-order valence-electron chi connectivity index (χ4n) is 3.51. The van der Waals surface area contributed by atoms with Crippen LogP contribution in [0.4, 0.5) is 0 Å². The van der Waals surface area contributed by atoms with Crippen LogP contribution in [0.5, 0.6) is 5.75 Å². The van der Waals surface area contributed by atoms with Gasteiger partial charge in [-0.05, 0) is 41.3 Å². The number of carbonyl (C=O) groups is 2. The van der Waals surface area contributed by atoms with Crippen molar-refractivity contribution in [3.8, 4) is 11.8 Å². The van der Waals surface area contributed by atoms with Crippen LogP contribution in [0.15, 0.2) is 78.9 Å². The number of hydrogen-bond acceptors (Lipinski definition) is 6. The molecule has 0 N–H and O–H groups in total. The molecule has 0 aromatic heterocycles. The third-order valence-corrected chi connectivity index (χ3v) is 5.51. The Morgan fingerprint density at radius 2 is 1.66 bits per heavy atom. The van der Waals surface area contributed by atoms with Gasteiger partial charge in [0.2, 0.25) is 6.10 Å². The van der Waals surface area contributed by atoms with E-state index < -0.39 is 24.0 Å². The standard InChI is InChI=1S/C28H26ClNO5/c1-19(2)27(21-11-13-23(29)14-12-21)28(32)35-25(16-30)22-9-6-10-24(15-22)33-18-26(31)34-17-20-7-4-3-5-8-20/h3-15,19,25,27H,17-18H2,1-2H3/t25?,27-/m0/s1. The van der Waals surface area contributed by atoms with Crippen LogP contribution in [-0.2, 0) is 25.7 Å². The smallest absolute Gasteiger partial charge is 0.344 e. The summed E-state index contributed by atoms with van der Waals surface area (Å²) in [6.45, 7) is 3.68. The summed E-state index contributed by atoms with van der Waals surface area (Å²) in [6.07, 6.45) is -1.13. The third-order valence-electron chi connectivity index (χ3n) is 5.26. The Morgan fingerprint density at radius 1 is 0.943 bits per heavy atom. The summed E-state index contributed by atoms with van der Waals surface area (Å²) in [6, 6.07) is 24.9. The molecule has 0 aliphatic rings. The van der Waals surface area contributed by atoms with Gasteiger partial charge in [0, 0.05) is 10.6 Å². The minimum absolute atomic E-state index is 0.0559. The quantitative estimate of drug-likeness (QED) is 0.323. The second-order valence-corrected chi connectivity index (χ2v) is 8.66. The molecular weight excluding hydrogens is 466 g/mol. The molecule has 0 amide bonds. The van der Waals surface area contributed by atoms with Gasteiger partial charge in [0.05, 0.1) is 5.92 Å². The maximum absolute atomic E-state index is 13.0. The monoisotopic (exact) mass is 491 g/mol. The molecule has 35 heavy (non-hydrogen) atoms. The van der Waals surface area contributed by atoms with Gasteiger partial charge in [0.1, 0.15) is 18.4 Å². The van der Waals surface area contributed by atoms with E-state index in [-0.39, 0.29) is 19.1 Å². The molecule has 3 aromatic rings. The van der Waals surface area contributed by atoms with Crippen molar-refractivity contribution in [3.63, 3.8) is 0 Å². The van der Waals surface area contributed by atoms with E-state index in [1.54, 1.807) is 48.5 Å². The molecule has 0 aliphatic heterocycles. The maximum atomic E-state index is 13.0. The highest BCUT2D eigenvalue weighted by Gasteiger charge is 2.29. The Kier molecular flexibility index (Phi) is 9.28. The van der Waals surface area contributed by atoms with Crippen molar-refractivity contribution in [2.45, 2.75) is 32.5 Å². The number of nitriles is 1. The Morgan fingerprint density at radius 3 is 2.31 bits per heavy atom. The van der Waals surface area contributed by atoms with E-state index in [2.05, 4.69) is 0 Å². The number of hydrogen-bond donors (Lipinski definition) is 0. The lowest BCUT2D eigenvalue weighted by Gasteiger charge is -2.22. The van der Waals surface area contributed by atoms with Crippen LogP contribution >= 0.6 is 11.6 Å². The lowest BCUT2D eigenvalue weighted by Crippen LogP contribution is -2.22. The zero-order chi connectivity index (χ0) is 25.2. The van der Waals surface area contributed by atoms with Gasteiger partial charge in [-0.15, -0.1) is 0 Å². The zero-order valence-corrected chi connectivity index (χ0v) is 20.3. The van der Waals surface area contributed by atoms with E-state index in [9.17, 15) is 14.9 Å². The van der Waals surface area contributed by atoms with Crippen LogP contribution in [0.2, 0.25) is 5.02 Å². The molecule has 0 saturated heterocycles. The number of carbonyl (C=O) groups excluding carboxylic acids is 2. The van der Waals surface area contributed by atoms with Gasteiger partial charge >= 0.3 is 11.9 Å². The fourth-order valence-corrected chi connectivity index (χ4v) is 3.64. The Hall–Kier alpha value is -3.82. The van der Waals surface area contributed by atoms with Gasteiger partial charge in [-0.3, -0.25) is 4.79 Å². The van der Waals surface area contributed by atoms with Gasteiger partial charge < -0.3 is 14.2 Å². The molecule has 0 bridgehead atoms. The SMILES string of the molecule is CC(C)[C@H](C(=O)OC(C#N)c1cccc(OCC(=O)OCc2ccccc2)c1)c1ccc(Cl)cc1. The topological polar surface area (TPSA) is 85.6 Å². The molecule has 2 atom stereocenters. The first-order chi connectivity index (χ1) is 16.9. The lowest BCUT2D eigenvalue weighted by atomic mass is 9.88. The normalized spacial score (nSPS) is 12.3. The van der Waals surface area contributed by atoms with Crippen molar-refractivity contribution in [1.82, 2.24) is 0 Å². The highest BCUT2D eigenvalue weighted by Crippen LogP contribution is 2.30. The predicted molar refractivity (Wildman–Crippen MR) is 132 cm³/mol. The van der Waals surface area contributed by atoms with Crippen LogP contribution in [0.1, 0.15) is 42.6 Å². The molecule has 0 spiro atoms. The lowest BCUT2D eigenvalue weighted by molar-refractivity contribution is -0.150. The van der Waals surface area contributed by atoms with Crippen LogP contribution < -0.4 is 4.74 Å². The molecule has 6 nitrogen and oxygen atoms in total. The molecule has 0 saturated carbocycles. The van der Waals surface area contributed by atoms with Crippen LogP contribution in [0.3, 0.4) is 0 Å². The summed E-state index contributed by atoms with van der Waals surface area (Å²) >= 11 is 5.97. The number of rotatable bonds is 10.